The summed E-state index contributed by atoms with van der Waals surface area (Å²) < 4.78 is 11.2. The van der Waals surface area contributed by atoms with Crippen LogP contribution in [0.2, 0.25) is 0 Å². The summed E-state index contributed by atoms with van der Waals surface area (Å²) in [6.07, 6.45) is 0.982. The summed E-state index contributed by atoms with van der Waals surface area (Å²) in [5.74, 6) is 1.76. The molecule has 3 rings (SSSR count). The second kappa shape index (κ2) is 5.93. The van der Waals surface area contributed by atoms with Crippen LogP contribution in [0.5, 0.6) is 11.5 Å². The Kier molecular flexibility index (Phi) is 4.01. The molecule has 2 heterocycles. The van der Waals surface area contributed by atoms with Crippen LogP contribution in [0.3, 0.4) is 0 Å². The quantitative estimate of drug-likeness (QED) is 0.897. The summed E-state index contributed by atoms with van der Waals surface area (Å²) >= 11 is 0. The largest absolute Gasteiger partial charge is 0.486 e. The van der Waals surface area contributed by atoms with Crippen molar-refractivity contribution in [1.29, 1.82) is 0 Å². The van der Waals surface area contributed by atoms with E-state index in [2.05, 4.69) is 12.2 Å². The SMILES string of the molecule is CNC1CCN(C(=O)c2cccc3c2OCCO3)CC1C. The molecule has 0 spiro atoms. The minimum Gasteiger partial charge on any atom is -0.486 e. The highest BCUT2D eigenvalue weighted by Gasteiger charge is 2.30. The van der Waals surface area contributed by atoms with E-state index in [9.17, 15) is 4.79 Å². The average Bonchev–Trinajstić information content (AvgIpc) is 2.53. The standard InChI is InChI=1S/C16H22N2O3/c1-11-10-18(7-6-13(11)17-2)16(19)12-4-3-5-14-15(12)21-9-8-20-14/h3-5,11,13,17H,6-10H2,1-2H3. The highest BCUT2D eigenvalue weighted by atomic mass is 16.6. The second-order valence-corrected chi connectivity index (χ2v) is 5.74. The number of nitrogens with zero attached hydrogens (tertiary/aromatic N) is 1. The van der Waals surface area contributed by atoms with E-state index in [1.165, 1.54) is 0 Å². The molecule has 21 heavy (non-hydrogen) atoms. The first kappa shape index (κ1) is 14.2. The Morgan fingerprint density at radius 3 is 2.90 bits per heavy atom. The van der Waals surface area contributed by atoms with Crippen molar-refractivity contribution < 1.29 is 14.3 Å². The van der Waals surface area contributed by atoms with Crippen molar-refractivity contribution in [3.05, 3.63) is 23.8 Å². The molecule has 1 aromatic rings. The van der Waals surface area contributed by atoms with Gasteiger partial charge in [-0.05, 0) is 31.5 Å². The van der Waals surface area contributed by atoms with Crippen molar-refractivity contribution in [2.45, 2.75) is 19.4 Å². The molecule has 5 nitrogen and oxygen atoms in total. The Morgan fingerprint density at radius 2 is 2.14 bits per heavy atom. The molecule has 1 N–H and O–H groups in total. The van der Waals surface area contributed by atoms with Gasteiger partial charge in [0.25, 0.3) is 5.91 Å². The number of piperidine rings is 1. The van der Waals surface area contributed by atoms with Gasteiger partial charge in [0, 0.05) is 19.1 Å². The number of fused-ring (bicyclic) bond motifs is 1. The van der Waals surface area contributed by atoms with Crippen LogP contribution in [0.4, 0.5) is 0 Å². The van der Waals surface area contributed by atoms with Gasteiger partial charge in [0.05, 0.1) is 5.56 Å². The maximum absolute atomic E-state index is 12.8. The third-order valence-corrected chi connectivity index (χ3v) is 4.36. The fourth-order valence-electron chi connectivity index (χ4n) is 3.17. The fraction of sp³-hybridized carbons (Fsp3) is 0.562. The van der Waals surface area contributed by atoms with Gasteiger partial charge in [-0.2, -0.15) is 0 Å². The minimum atomic E-state index is 0.0405. The van der Waals surface area contributed by atoms with Crippen LogP contribution < -0.4 is 14.8 Å². The van der Waals surface area contributed by atoms with Gasteiger partial charge < -0.3 is 19.7 Å². The first-order chi connectivity index (χ1) is 10.2. The zero-order valence-electron chi connectivity index (χ0n) is 12.6. The summed E-state index contributed by atoms with van der Waals surface area (Å²) in [6, 6.07) is 6.01. The van der Waals surface area contributed by atoms with Crippen LogP contribution in [-0.4, -0.2) is 50.2 Å². The maximum Gasteiger partial charge on any atom is 0.257 e. The lowest BCUT2D eigenvalue weighted by molar-refractivity contribution is 0.0639. The number of rotatable bonds is 2. The molecule has 0 radical (unpaired) electrons. The van der Waals surface area contributed by atoms with Crippen molar-refractivity contribution in [3.63, 3.8) is 0 Å². The molecule has 2 aliphatic rings. The van der Waals surface area contributed by atoms with E-state index in [0.717, 1.165) is 19.5 Å². The molecular formula is C16H22N2O3. The molecule has 114 valence electrons. The third-order valence-electron chi connectivity index (χ3n) is 4.36. The average molecular weight is 290 g/mol. The summed E-state index contributed by atoms with van der Waals surface area (Å²) in [4.78, 5) is 14.7. The lowest BCUT2D eigenvalue weighted by Gasteiger charge is -2.37. The fourth-order valence-corrected chi connectivity index (χ4v) is 3.17. The number of hydrogen-bond donors (Lipinski definition) is 1. The number of carbonyl (C=O) groups is 1. The first-order valence-corrected chi connectivity index (χ1v) is 7.56. The number of likely N-dealkylation sites (tertiary alicyclic amines) is 1. The topological polar surface area (TPSA) is 50.8 Å². The van der Waals surface area contributed by atoms with Gasteiger partial charge in [-0.15, -0.1) is 0 Å². The van der Waals surface area contributed by atoms with E-state index in [1.807, 2.05) is 30.1 Å². The Morgan fingerprint density at radius 1 is 1.33 bits per heavy atom. The zero-order chi connectivity index (χ0) is 14.8. The summed E-state index contributed by atoms with van der Waals surface area (Å²) in [5.41, 5.74) is 0.613. The van der Waals surface area contributed by atoms with Gasteiger partial charge in [-0.1, -0.05) is 13.0 Å². The van der Waals surface area contributed by atoms with E-state index in [4.69, 9.17) is 9.47 Å². The molecule has 2 unspecified atom stereocenters. The van der Waals surface area contributed by atoms with Crippen molar-refractivity contribution >= 4 is 5.91 Å². The third kappa shape index (κ3) is 2.70. The van der Waals surface area contributed by atoms with Crippen molar-refractivity contribution in [3.8, 4) is 11.5 Å². The minimum absolute atomic E-state index is 0.0405. The van der Waals surface area contributed by atoms with E-state index >= 15 is 0 Å². The second-order valence-electron chi connectivity index (χ2n) is 5.74. The lowest BCUT2D eigenvalue weighted by atomic mass is 9.93. The molecule has 0 aromatic heterocycles. The molecule has 1 aromatic carbocycles. The Labute approximate surface area is 125 Å². The number of ether oxygens (including phenoxy) is 2. The van der Waals surface area contributed by atoms with Crippen molar-refractivity contribution in [2.75, 3.05) is 33.4 Å². The van der Waals surface area contributed by atoms with Crippen LogP contribution in [-0.2, 0) is 0 Å². The smallest absolute Gasteiger partial charge is 0.257 e. The summed E-state index contributed by atoms with van der Waals surface area (Å²) in [7, 11) is 1.98. The van der Waals surface area contributed by atoms with Crippen LogP contribution in [0.25, 0.3) is 0 Å². The van der Waals surface area contributed by atoms with Crippen LogP contribution in [0.15, 0.2) is 18.2 Å². The molecule has 0 saturated carbocycles. The predicted octanol–water partition coefficient (Wildman–Crippen LogP) is 1.53. The Balaban J connectivity index is 1.80. The van der Waals surface area contributed by atoms with E-state index in [-0.39, 0.29) is 5.91 Å². The molecule has 1 saturated heterocycles. The molecule has 1 amide bonds. The lowest BCUT2D eigenvalue weighted by Crippen LogP contribution is -2.49. The summed E-state index contributed by atoms with van der Waals surface area (Å²) in [6.45, 7) is 4.76. The van der Waals surface area contributed by atoms with Gasteiger partial charge in [-0.3, -0.25) is 4.79 Å². The van der Waals surface area contributed by atoms with Gasteiger partial charge in [0.15, 0.2) is 11.5 Å². The van der Waals surface area contributed by atoms with Gasteiger partial charge in [0.2, 0.25) is 0 Å². The maximum atomic E-state index is 12.8. The van der Waals surface area contributed by atoms with E-state index in [0.29, 0.717) is 42.2 Å². The highest BCUT2D eigenvalue weighted by Crippen LogP contribution is 2.34. The van der Waals surface area contributed by atoms with Crippen LogP contribution in [0, 0.1) is 5.92 Å². The zero-order valence-corrected chi connectivity index (χ0v) is 12.6. The molecule has 1 fully saturated rings. The molecule has 0 aliphatic carbocycles. The van der Waals surface area contributed by atoms with Crippen LogP contribution >= 0.6 is 0 Å². The van der Waals surface area contributed by atoms with Crippen molar-refractivity contribution in [1.82, 2.24) is 10.2 Å². The van der Waals surface area contributed by atoms with Gasteiger partial charge in [-0.25, -0.2) is 0 Å². The number of benzene rings is 1. The van der Waals surface area contributed by atoms with Crippen molar-refractivity contribution in [2.24, 2.45) is 5.92 Å². The number of carbonyl (C=O) groups excluding carboxylic acids is 1. The number of hydrogen-bond acceptors (Lipinski definition) is 4. The first-order valence-electron chi connectivity index (χ1n) is 7.56. The van der Waals surface area contributed by atoms with Gasteiger partial charge in [0.1, 0.15) is 13.2 Å². The monoisotopic (exact) mass is 290 g/mol. The van der Waals surface area contributed by atoms with E-state index in [1.54, 1.807) is 0 Å². The Hall–Kier alpha value is -1.75. The van der Waals surface area contributed by atoms with Gasteiger partial charge >= 0.3 is 0 Å². The van der Waals surface area contributed by atoms with Crippen LogP contribution in [0.1, 0.15) is 23.7 Å². The molecule has 0 bridgehead atoms. The normalized spacial score (nSPS) is 24.8. The molecule has 5 heteroatoms. The molecule has 2 atom stereocenters. The van der Waals surface area contributed by atoms with E-state index < -0.39 is 0 Å². The Bertz CT molecular complexity index is 532. The number of nitrogens with one attached hydrogen (secondary N) is 1. The molecule has 2 aliphatic heterocycles. The number of amides is 1. The summed E-state index contributed by atoms with van der Waals surface area (Å²) in [5, 5.41) is 3.32. The predicted molar refractivity (Wildman–Crippen MR) is 80.0 cm³/mol. The molecular weight excluding hydrogens is 268 g/mol. The number of para-hydroxylation sites is 1. The highest BCUT2D eigenvalue weighted by molar-refractivity contribution is 5.98.